The van der Waals surface area contributed by atoms with Gasteiger partial charge in [-0.05, 0) is 60.8 Å². The minimum atomic E-state index is -0.275. The van der Waals surface area contributed by atoms with E-state index >= 15 is 0 Å². The van der Waals surface area contributed by atoms with Crippen molar-refractivity contribution in [3.8, 4) is 5.75 Å². The van der Waals surface area contributed by atoms with Crippen LogP contribution in [0.5, 0.6) is 5.75 Å². The molecule has 0 radical (unpaired) electrons. The highest BCUT2D eigenvalue weighted by Crippen LogP contribution is 2.29. The fourth-order valence-electron chi connectivity index (χ4n) is 2.35. The van der Waals surface area contributed by atoms with Crippen LogP contribution in [0.4, 0.5) is 5.69 Å². The van der Waals surface area contributed by atoms with Crippen molar-refractivity contribution < 1.29 is 9.90 Å². The van der Waals surface area contributed by atoms with E-state index in [0.29, 0.717) is 17.2 Å². The number of hydrogen-bond acceptors (Lipinski definition) is 3. The van der Waals surface area contributed by atoms with Crippen molar-refractivity contribution in [2.75, 3.05) is 5.32 Å². The Balaban J connectivity index is 2.10. The van der Waals surface area contributed by atoms with Crippen LogP contribution in [-0.4, -0.2) is 16.1 Å². The third kappa shape index (κ3) is 4.32. The monoisotopic (exact) mass is 342 g/mol. The van der Waals surface area contributed by atoms with Crippen LogP contribution in [0.25, 0.3) is 0 Å². The fourth-order valence-corrected chi connectivity index (χ4v) is 2.55. The summed E-state index contributed by atoms with van der Waals surface area (Å²) in [5.74, 6) is 0.194. The quantitative estimate of drug-likeness (QED) is 0.571. The molecule has 2 rings (SSSR count). The molecule has 5 heteroatoms. The lowest BCUT2D eigenvalue weighted by Gasteiger charge is -2.15. The summed E-state index contributed by atoms with van der Waals surface area (Å²) < 4.78 is 0. The van der Waals surface area contributed by atoms with Gasteiger partial charge in [0.2, 0.25) is 0 Å². The molecular weight excluding hydrogens is 320 g/mol. The maximum absolute atomic E-state index is 12.3. The Morgan fingerprint density at radius 3 is 2.62 bits per heavy atom. The van der Waals surface area contributed by atoms with E-state index in [4.69, 9.17) is 12.2 Å². The van der Waals surface area contributed by atoms with Gasteiger partial charge in [-0.1, -0.05) is 38.1 Å². The molecular formula is C19H22N2O2S. The topological polar surface area (TPSA) is 61.4 Å². The first kappa shape index (κ1) is 17.9. The number of amides is 1. The summed E-state index contributed by atoms with van der Waals surface area (Å²) in [5.41, 5.74) is 3.03. The summed E-state index contributed by atoms with van der Waals surface area (Å²) in [6.07, 6.45) is 0.999. The zero-order valence-corrected chi connectivity index (χ0v) is 14.9. The van der Waals surface area contributed by atoms with Crippen LogP contribution in [0.1, 0.15) is 47.7 Å². The molecule has 0 saturated carbocycles. The minimum Gasteiger partial charge on any atom is -0.506 e. The highest BCUT2D eigenvalue weighted by atomic mass is 32.1. The zero-order chi connectivity index (χ0) is 17.7. The molecule has 24 heavy (non-hydrogen) atoms. The molecule has 0 spiro atoms. The Morgan fingerprint density at radius 2 is 1.96 bits per heavy atom. The van der Waals surface area contributed by atoms with Crippen LogP contribution in [-0.2, 0) is 0 Å². The third-order valence-electron chi connectivity index (χ3n) is 4.07. The van der Waals surface area contributed by atoms with E-state index in [-0.39, 0.29) is 16.8 Å². The summed E-state index contributed by atoms with van der Waals surface area (Å²) in [4.78, 5) is 12.3. The predicted molar refractivity (Wildman–Crippen MR) is 102 cm³/mol. The molecule has 0 unspecified atom stereocenters. The molecule has 0 aliphatic rings. The Morgan fingerprint density at radius 1 is 1.25 bits per heavy atom. The van der Waals surface area contributed by atoms with E-state index in [1.54, 1.807) is 18.2 Å². The highest BCUT2D eigenvalue weighted by molar-refractivity contribution is 7.80. The Bertz CT molecular complexity index is 759. The van der Waals surface area contributed by atoms with Gasteiger partial charge in [-0.15, -0.1) is 0 Å². The third-order valence-corrected chi connectivity index (χ3v) is 4.27. The summed E-state index contributed by atoms with van der Waals surface area (Å²) in [5, 5.41) is 15.7. The SMILES string of the molecule is CC[C@H](C)c1ccc(O)c(NC(=S)NC(=O)c2ccccc2C)c1. The number of rotatable bonds is 4. The number of hydrogen-bond donors (Lipinski definition) is 3. The van der Waals surface area contributed by atoms with E-state index in [9.17, 15) is 9.90 Å². The van der Waals surface area contributed by atoms with Gasteiger partial charge in [-0.2, -0.15) is 0 Å². The summed E-state index contributed by atoms with van der Waals surface area (Å²) in [6.45, 7) is 6.10. The number of anilines is 1. The number of phenols is 1. The number of aromatic hydroxyl groups is 1. The van der Waals surface area contributed by atoms with Gasteiger partial charge in [0.05, 0.1) is 5.69 Å². The van der Waals surface area contributed by atoms with Gasteiger partial charge in [-0.25, -0.2) is 0 Å². The lowest BCUT2D eigenvalue weighted by atomic mass is 9.98. The second kappa shape index (κ2) is 7.93. The molecule has 4 nitrogen and oxygen atoms in total. The summed E-state index contributed by atoms with van der Waals surface area (Å²) >= 11 is 5.20. The van der Waals surface area contributed by atoms with E-state index < -0.39 is 0 Å². The summed E-state index contributed by atoms with van der Waals surface area (Å²) in [7, 11) is 0. The van der Waals surface area contributed by atoms with Crippen LogP contribution >= 0.6 is 12.2 Å². The summed E-state index contributed by atoms with van der Waals surface area (Å²) in [6, 6.07) is 12.7. The van der Waals surface area contributed by atoms with E-state index in [1.165, 1.54) is 0 Å². The maximum Gasteiger partial charge on any atom is 0.257 e. The van der Waals surface area contributed by atoms with Crippen molar-refractivity contribution in [3.05, 3.63) is 59.2 Å². The molecule has 126 valence electrons. The molecule has 1 amide bonds. The van der Waals surface area contributed by atoms with Gasteiger partial charge in [0.1, 0.15) is 5.75 Å². The lowest BCUT2D eigenvalue weighted by molar-refractivity contribution is 0.0977. The van der Waals surface area contributed by atoms with Gasteiger partial charge >= 0.3 is 0 Å². The second-order valence-corrected chi connectivity index (χ2v) is 6.22. The molecule has 0 aliphatic carbocycles. The number of nitrogens with one attached hydrogen (secondary N) is 2. The number of phenolic OH excluding ortho intramolecular Hbond substituents is 1. The van der Waals surface area contributed by atoms with Crippen molar-refractivity contribution >= 4 is 28.9 Å². The van der Waals surface area contributed by atoms with Gasteiger partial charge in [0, 0.05) is 5.56 Å². The number of carbonyl (C=O) groups excluding carboxylic acids is 1. The Hall–Kier alpha value is -2.40. The largest absolute Gasteiger partial charge is 0.506 e. The highest BCUT2D eigenvalue weighted by Gasteiger charge is 2.12. The van der Waals surface area contributed by atoms with Crippen LogP contribution in [0.3, 0.4) is 0 Å². The second-order valence-electron chi connectivity index (χ2n) is 5.81. The van der Waals surface area contributed by atoms with Crippen molar-refractivity contribution in [3.63, 3.8) is 0 Å². The van der Waals surface area contributed by atoms with Crippen LogP contribution in [0, 0.1) is 6.92 Å². The zero-order valence-electron chi connectivity index (χ0n) is 14.1. The van der Waals surface area contributed by atoms with Crippen LogP contribution in [0.15, 0.2) is 42.5 Å². The number of thiocarbonyl (C=S) groups is 1. The standard InChI is InChI=1S/C19H22N2O2S/c1-4-12(2)14-9-10-17(22)16(11-14)20-19(24)21-18(23)15-8-6-5-7-13(15)3/h5-12,22H,4H2,1-3H3,(H2,20,21,23,24)/t12-/m0/s1. The van der Waals surface area contributed by atoms with Gasteiger partial charge < -0.3 is 10.4 Å². The Labute approximate surface area is 147 Å². The molecule has 0 saturated heterocycles. The molecule has 2 aromatic carbocycles. The van der Waals surface area contributed by atoms with E-state index in [0.717, 1.165) is 17.5 Å². The molecule has 0 aromatic heterocycles. The van der Waals surface area contributed by atoms with E-state index in [2.05, 4.69) is 24.5 Å². The van der Waals surface area contributed by atoms with E-state index in [1.807, 2.05) is 31.2 Å². The normalized spacial score (nSPS) is 11.6. The van der Waals surface area contributed by atoms with Gasteiger partial charge in [0.25, 0.3) is 5.91 Å². The van der Waals surface area contributed by atoms with Gasteiger partial charge in [-0.3, -0.25) is 10.1 Å². The Kier molecular flexibility index (Phi) is 5.93. The minimum absolute atomic E-state index is 0.0922. The average Bonchev–Trinajstić information content (AvgIpc) is 2.56. The molecule has 2 aromatic rings. The smallest absolute Gasteiger partial charge is 0.257 e. The number of aryl methyl sites for hydroxylation is 1. The molecule has 0 bridgehead atoms. The van der Waals surface area contributed by atoms with Crippen LogP contribution in [0.2, 0.25) is 0 Å². The van der Waals surface area contributed by atoms with Crippen molar-refractivity contribution in [2.45, 2.75) is 33.1 Å². The van der Waals surface area contributed by atoms with Gasteiger partial charge in [0.15, 0.2) is 5.11 Å². The maximum atomic E-state index is 12.3. The van der Waals surface area contributed by atoms with Crippen molar-refractivity contribution in [1.29, 1.82) is 0 Å². The van der Waals surface area contributed by atoms with Crippen molar-refractivity contribution in [2.24, 2.45) is 0 Å². The first-order valence-corrected chi connectivity index (χ1v) is 8.34. The molecule has 0 aliphatic heterocycles. The first-order valence-electron chi connectivity index (χ1n) is 7.93. The first-order chi connectivity index (χ1) is 11.4. The molecule has 1 atom stereocenters. The predicted octanol–water partition coefficient (Wildman–Crippen LogP) is 4.34. The van der Waals surface area contributed by atoms with Crippen LogP contribution < -0.4 is 10.6 Å². The molecule has 0 heterocycles. The molecule has 3 N–H and O–H groups in total. The number of benzene rings is 2. The lowest BCUT2D eigenvalue weighted by Crippen LogP contribution is -2.34. The van der Waals surface area contributed by atoms with Crippen molar-refractivity contribution in [1.82, 2.24) is 5.32 Å². The molecule has 0 fully saturated rings. The average molecular weight is 342 g/mol. The fraction of sp³-hybridized carbons (Fsp3) is 0.263. The number of carbonyl (C=O) groups is 1.